The lowest BCUT2D eigenvalue weighted by Gasteiger charge is -2.24. The van der Waals surface area contributed by atoms with Crippen molar-refractivity contribution in [2.45, 2.75) is 6.42 Å². The molecule has 0 bridgehead atoms. The zero-order valence-electron chi connectivity index (χ0n) is 12.2. The Balaban J connectivity index is 1.90. The van der Waals surface area contributed by atoms with Crippen LogP contribution in [0.2, 0.25) is 0 Å². The fourth-order valence-electron chi connectivity index (χ4n) is 2.55. The number of hydrogen-bond donors (Lipinski definition) is 1. The monoisotopic (exact) mass is 375 g/mol. The molecule has 6 heteroatoms. The molecule has 118 valence electrons. The third kappa shape index (κ3) is 2.86. The predicted octanol–water partition coefficient (Wildman–Crippen LogP) is 2.18. The second kappa shape index (κ2) is 6.50. The Kier molecular flexibility index (Phi) is 4.43. The highest BCUT2D eigenvalue weighted by Crippen LogP contribution is 2.30. The normalized spacial score (nSPS) is 16.3. The molecule has 0 unspecified atom stereocenters. The highest BCUT2D eigenvalue weighted by atomic mass is 79.9. The Morgan fingerprint density at radius 2 is 1.87 bits per heavy atom. The molecule has 0 fully saturated rings. The number of carbonyl (C=O) groups is 3. The number of ether oxygens (including phenoxy) is 1. The molecule has 1 amide bonds. The van der Waals surface area contributed by atoms with Crippen molar-refractivity contribution in [3.8, 4) is 0 Å². The van der Waals surface area contributed by atoms with Crippen molar-refractivity contribution in [1.29, 1.82) is 0 Å². The van der Waals surface area contributed by atoms with E-state index >= 15 is 0 Å². The highest BCUT2D eigenvalue weighted by Gasteiger charge is 2.34. The van der Waals surface area contributed by atoms with Crippen molar-refractivity contribution in [1.82, 2.24) is 5.32 Å². The second-order valence-electron chi connectivity index (χ2n) is 5.19. The molecular weight excluding hydrogens is 362 g/mol. The van der Waals surface area contributed by atoms with Crippen LogP contribution in [0.5, 0.6) is 0 Å². The van der Waals surface area contributed by atoms with Gasteiger partial charge in [-0.2, -0.15) is 0 Å². The summed E-state index contributed by atoms with van der Waals surface area (Å²) in [6.45, 7) is 0.443. The number of ketones is 2. The maximum absolute atomic E-state index is 12.6. The number of carbonyl (C=O) groups excluding carboxylic acids is 3. The van der Waals surface area contributed by atoms with Gasteiger partial charge >= 0.3 is 0 Å². The maximum atomic E-state index is 12.6. The van der Waals surface area contributed by atoms with Crippen LogP contribution < -0.4 is 5.32 Å². The summed E-state index contributed by atoms with van der Waals surface area (Å²) in [6, 6.07) is 6.69. The van der Waals surface area contributed by atoms with Crippen LogP contribution in [0.15, 0.2) is 47.2 Å². The van der Waals surface area contributed by atoms with Crippen LogP contribution in [0.3, 0.4) is 0 Å². The molecule has 0 saturated carbocycles. The molecule has 0 spiro atoms. The van der Waals surface area contributed by atoms with Crippen molar-refractivity contribution in [2.24, 2.45) is 0 Å². The first-order valence-corrected chi connectivity index (χ1v) is 8.36. The fourth-order valence-corrected chi connectivity index (χ4v) is 2.83. The number of halogens is 1. The minimum Gasteiger partial charge on any atom is -0.483 e. The number of fused-ring (bicyclic) bond motifs is 1. The smallest absolute Gasteiger partial charge is 0.286 e. The Bertz CT molecular complexity index is 764. The molecule has 1 aliphatic carbocycles. The number of allylic oxidation sites excluding steroid dienone is 2. The van der Waals surface area contributed by atoms with Gasteiger partial charge in [-0.05, 0) is 12.5 Å². The van der Waals surface area contributed by atoms with Gasteiger partial charge in [0, 0.05) is 34.1 Å². The first-order chi connectivity index (χ1) is 11.1. The summed E-state index contributed by atoms with van der Waals surface area (Å²) >= 11 is 3.28. The summed E-state index contributed by atoms with van der Waals surface area (Å²) in [5.41, 5.74) is 1.32. The predicted molar refractivity (Wildman–Crippen MR) is 87.6 cm³/mol. The average Bonchev–Trinajstić information content (AvgIpc) is 2.59. The molecule has 23 heavy (non-hydrogen) atoms. The lowest BCUT2D eigenvalue weighted by molar-refractivity contribution is -0.120. The SMILES string of the molecule is O=C(NCCCBr)C1=CC2=C(CO1)C(=O)c1ccccc1C2=O. The minimum atomic E-state index is -0.378. The van der Waals surface area contributed by atoms with E-state index in [2.05, 4.69) is 21.2 Å². The van der Waals surface area contributed by atoms with E-state index in [9.17, 15) is 14.4 Å². The van der Waals surface area contributed by atoms with Crippen LogP contribution in [0.1, 0.15) is 27.1 Å². The molecular formula is C17H14BrNO4. The van der Waals surface area contributed by atoms with Gasteiger partial charge in [-0.25, -0.2) is 0 Å². The van der Waals surface area contributed by atoms with E-state index in [0.29, 0.717) is 23.2 Å². The van der Waals surface area contributed by atoms with Gasteiger partial charge < -0.3 is 10.1 Å². The first-order valence-electron chi connectivity index (χ1n) is 7.23. The van der Waals surface area contributed by atoms with Gasteiger partial charge in [0.25, 0.3) is 5.91 Å². The van der Waals surface area contributed by atoms with Gasteiger partial charge in [0.05, 0.1) is 0 Å². The number of alkyl halides is 1. The van der Waals surface area contributed by atoms with E-state index < -0.39 is 0 Å². The summed E-state index contributed by atoms with van der Waals surface area (Å²) in [5, 5.41) is 3.50. The topological polar surface area (TPSA) is 72.5 Å². The van der Waals surface area contributed by atoms with Crippen LogP contribution in [-0.2, 0) is 9.53 Å². The first kappa shape index (κ1) is 15.7. The fraction of sp³-hybridized carbons (Fsp3) is 0.235. The van der Waals surface area contributed by atoms with E-state index in [0.717, 1.165) is 11.8 Å². The standard InChI is InChI=1S/C17H14BrNO4/c18-6-3-7-19-17(22)14-8-12-13(9-23-14)16(21)11-5-2-1-4-10(11)15(12)20/h1-2,4-5,8H,3,6-7,9H2,(H,19,22). The van der Waals surface area contributed by atoms with Crippen molar-refractivity contribution in [3.05, 3.63) is 58.4 Å². The Labute approximate surface area is 141 Å². The third-order valence-corrected chi connectivity index (χ3v) is 4.29. The van der Waals surface area contributed by atoms with Crippen molar-refractivity contribution in [2.75, 3.05) is 18.5 Å². The van der Waals surface area contributed by atoms with E-state index in [4.69, 9.17) is 4.74 Å². The number of rotatable bonds is 4. The molecule has 0 atom stereocenters. The molecule has 1 aromatic rings. The Morgan fingerprint density at radius 3 is 2.57 bits per heavy atom. The lowest BCUT2D eigenvalue weighted by atomic mass is 9.83. The van der Waals surface area contributed by atoms with Crippen LogP contribution >= 0.6 is 15.9 Å². The van der Waals surface area contributed by atoms with Gasteiger partial charge in [0.1, 0.15) is 6.61 Å². The van der Waals surface area contributed by atoms with Gasteiger partial charge in [-0.1, -0.05) is 40.2 Å². The van der Waals surface area contributed by atoms with E-state index in [1.165, 1.54) is 6.08 Å². The Morgan fingerprint density at radius 1 is 1.17 bits per heavy atom. The summed E-state index contributed by atoms with van der Waals surface area (Å²) in [5.74, 6) is -0.773. The second-order valence-corrected chi connectivity index (χ2v) is 5.98. The summed E-state index contributed by atoms with van der Waals surface area (Å²) in [6.07, 6.45) is 2.16. The van der Waals surface area contributed by atoms with Crippen LogP contribution in [-0.4, -0.2) is 36.0 Å². The molecule has 2 aliphatic rings. The summed E-state index contributed by atoms with van der Waals surface area (Å²) in [4.78, 5) is 37.1. The molecule has 0 saturated heterocycles. The lowest BCUT2D eigenvalue weighted by Crippen LogP contribution is -2.32. The molecule has 1 N–H and O–H groups in total. The Hall–Kier alpha value is -2.21. The van der Waals surface area contributed by atoms with Crippen molar-refractivity contribution >= 4 is 33.4 Å². The summed E-state index contributed by atoms with van der Waals surface area (Å²) < 4.78 is 5.38. The van der Waals surface area contributed by atoms with Crippen LogP contribution in [0.25, 0.3) is 0 Å². The van der Waals surface area contributed by atoms with Gasteiger partial charge in [0.15, 0.2) is 17.3 Å². The quantitative estimate of drug-likeness (QED) is 0.646. The van der Waals surface area contributed by atoms with Crippen molar-refractivity contribution in [3.63, 3.8) is 0 Å². The van der Waals surface area contributed by atoms with Gasteiger partial charge in [-0.15, -0.1) is 0 Å². The minimum absolute atomic E-state index is 0.0636. The molecule has 0 radical (unpaired) electrons. The number of hydrogen-bond acceptors (Lipinski definition) is 4. The summed E-state index contributed by atoms with van der Waals surface area (Å²) in [7, 11) is 0. The zero-order valence-corrected chi connectivity index (χ0v) is 13.8. The van der Waals surface area contributed by atoms with Crippen LogP contribution in [0, 0.1) is 0 Å². The van der Waals surface area contributed by atoms with E-state index in [1.807, 2.05) is 0 Å². The van der Waals surface area contributed by atoms with Crippen LogP contribution in [0.4, 0.5) is 0 Å². The highest BCUT2D eigenvalue weighted by molar-refractivity contribution is 9.09. The zero-order chi connectivity index (χ0) is 16.4. The van der Waals surface area contributed by atoms with Crippen molar-refractivity contribution < 1.29 is 19.1 Å². The van der Waals surface area contributed by atoms with E-state index in [-0.39, 0.29) is 35.4 Å². The number of benzene rings is 1. The molecule has 1 aliphatic heterocycles. The molecule has 1 aromatic carbocycles. The number of amides is 1. The molecule has 3 rings (SSSR count). The van der Waals surface area contributed by atoms with E-state index in [1.54, 1.807) is 24.3 Å². The molecule has 5 nitrogen and oxygen atoms in total. The molecule has 1 heterocycles. The van der Waals surface area contributed by atoms with Gasteiger partial charge in [0.2, 0.25) is 0 Å². The number of Topliss-reactive ketones (excluding diaryl/α,β-unsaturated/α-hetero) is 2. The maximum Gasteiger partial charge on any atom is 0.286 e. The third-order valence-electron chi connectivity index (χ3n) is 3.73. The largest absolute Gasteiger partial charge is 0.483 e. The van der Waals surface area contributed by atoms with Gasteiger partial charge in [-0.3, -0.25) is 14.4 Å². The number of nitrogens with one attached hydrogen (secondary N) is 1. The molecule has 0 aromatic heterocycles. The average molecular weight is 376 g/mol.